The number of hydrogen-bond acceptors (Lipinski definition) is 4. The van der Waals surface area contributed by atoms with E-state index in [0.717, 1.165) is 10.6 Å². The molecule has 0 aliphatic rings. The van der Waals surface area contributed by atoms with Crippen LogP contribution in [0.25, 0.3) is 10.6 Å². The molecule has 28 heavy (non-hydrogen) atoms. The first kappa shape index (κ1) is 19.5. The molecule has 142 valence electrons. The van der Waals surface area contributed by atoms with E-state index in [0.29, 0.717) is 23.5 Å². The number of aryl methyl sites for hydroxylation is 1. The maximum Gasteiger partial charge on any atom is 0.253 e. The number of hydrogen-bond donors (Lipinski definition) is 2. The van der Waals surface area contributed by atoms with Crippen molar-refractivity contribution in [2.24, 2.45) is 0 Å². The molecule has 2 aromatic carbocycles. The summed E-state index contributed by atoms with van der Waals surface area (Å²) in [5, 5.41) is 8.30. The molecule has 0 saturated heterocycles. The summed E-state index contributed by atoms with van der Waals surface area (Å²) in [6.45, 7) is 5.98. The van der Waals surface area contributed by atoms with Crippen LogP contribution in [0.15, 0.2) is 66.6 Å². The van der Waals surface area contributed by atoms with Crippen LogP contribution in [0.3, 0.4) is 0 Å². The lowest BCUT2D eigenvalue weighted by Gasteiger charge is -2.10. The van der Waals surface area contributed by atoms with E-state index in [1.165, 1.54) is 16.9 Å². The SMILES string of the molecule is C=CCNC(=O)c1ccccc1NC(=O)Cc1csc(-c2ccc(C)cc2)n1. The van der Waals surface area contributed by atoms with Crippen LogP contribution < -0.4 is 10.6 Å². The summed E-state index contributed by atoms with van der Waals surface area (Å²) < 4.78 is 0. The molecule has 0 aliphatic heterocycles. The summed E-state index contributed by atoms with van der Waals surface area (Å²) in [7, 11) is 0. The van der Waals surface area contributed by atoms with Crippen molar-refractivity contribution >= 4 is 28.8 Å². The quantitative estimate of drug-likeness (QED) is 0.593. The van der Waals surface area contributed by atoms with Gasteiger partial charge in [-0.2, -0.15) is 0 Å². The number of para-hydroxylation sites is 1. The second-order valence-corrected chi connectivity index (χ2v) is 7.14. The summed E-state index contributed by atoms with van der Waals surface area (Å²) >= 11 is 1.51. The fraction of sp³-hybridized carbons (Fsp3) is 0.136. The maximum atomic E-state index is 12.5. The molecule has 0 saturated carbocycles. The standard InChI is InChI=1S/C22H21N3O2S/c1-3-12-23-21(27)18-6-4-5-7-19(18)25-20(26)13-17-14-28-22(24-17)16-10-8-15(2)9-11-16/h3-11,14H,1,12-13H2,2H3,(H,23,27)(H,25,26). The Kier molecular flexibility index (Phi) is 6.34. The van der Waals surface area contributed by atoms with Gasteiger partial charge in [-0.1, -0.05) is 48.0 Å². The zero-order valence-electron chi connectivity index (χ0n) is 15.6. The lowest BCUT2D eigenvalue weighted by atomic mass is 10.1. The molecule has 2 amide bonds. The number of rotatable bonds is 7. The average Bonchev–Trinajstić information content (AvgIpc) is 3.15. The van der Waals surface area contributed by atoms with E-state index in [4.69, 9.17) is 0 Å². The number of carbonyl (C=O) groups excluding carboxylic acids is 2. The minimum absolute atomic E-state index is 0.144. The number of nitrogens with zero attached hydrogens (tertiary/aromatic N) is 1. The van der Waals surface area contributed by atoms with E-state index in [1.807, 2.05) is 36.6 Å². The topological polar surface area (TPSA) is 71.1 Å². The smallest absolute Gasteiger partial charge is 0.253 e. The number of thiazole rings is 1. The van der Waals surface area contributed by atoms with Crippen molar-refractivity contribution < 1.29 is 9.59 Å². The molecule has 1 heterocycles. The predicted octanol–water partition coefficient (Wildman–Crippen LogP) is 4.22. The summed E-state index contributed by atoms with van der Waals surface area (Å²) in [6.07, 6.45) is 1.75. The second kappa shape index (κ2) is 9.10. The fourth-order valence-corrected chi connectivity index (χ4v) is 3.45. The van der Waals surface area contributed by atoms with Crippen LogP contribution in [-0.2, 0) is 11.2 Å². The molecule has 0 atom stereocenters. The minimum Gasteiger partial charge on any atom is -0.349 e. The minimum atomic E-state index is -0.258. The average molecular weight is 391 g/mol. The van der Waals surface area contributed by atoms with Crippen LogP contribution in [-0.4, -0.2) is 23.3 Å². The number of anilines is 1. The normalized spacial score (nSPS) is 10.3. The van der Waals surface area contributed by atoms with E-state index in [-0.39, 0.29) is 18.2 Å². The van der Waals surface area contributed by atoms with E-state index in [9.17, 15) is 9.59 Å². The Balaban J connectivity index is 1.67. The first-order valence-corrected chi connectivity index (χ1v) is 9.74. The number of nitrogens with one attached hydrogen (secondary N) is 2. The van der Waals surface area contributed by atoms with Crippen molar-refractivity contribution in [3.8, 4) is 10.6 Å². The van der Waals surface area contributed by atoms with Gasteiger partial charge < -0.3 is 10.6 Å². The fourth-order valence-electron chi connectivity index (χ4n) is 2.63. The third-order valence-electron chi connectivity index (χ3n) is 4.04. The second-order valence-electron chi connectivity index (χ2n) is 6.28. The lowest BCUT2D eigenvalue weighted by Crippen LogP contribution is -2.25. The van der Waals surface area contributed by atoms with Gasteiger partial charge in [0.2, 0.25) is 5.91 Å². The van der Waals surface area contributed by atoms with Crippen LogP contribution in [0, 0.1) is 6.92 Å². The van der Waals surface area contributed by atoms with Gasteiger partial charge >= 0.3 is 0 Å². The molecule has 0 aliphatic carbocycles. The van der Waals surface area contributed by atoms with Crippen LogP contribution in [0.4, 0.5) is 5.69 Å². The maximum absolute atomic E-state index is 12.5. The summed E-state index contributed by atoms with van der Waals surface area (Å²) in [6, 6.07) is 15.0. The molecule has 5 nitrogen and oxygen atoms in total. The van der Waals surface area contributed by atoms with Gasteiger partial charge in [-0.15, -0.1) is 17.9 Å². The molecule has 0 spiro atoms. The predicted molar refractivity (Wildman–Crippen MR) is 114 cm³/mol. The van der Waals surface area contributed by atoms with Crippen LogP contribution in [0.5, 0.6) is 0 Å². The van der Waals surface area contributed by atoms with Crippen LogP contribution >= 0.6 is 11.3 Å². The number of carbonyl (C=O) groups is 2. The molecule has 0 radical (unpaired) electrons. The third kappa shape index (κ3) is 4.92. The summed E-state index contributed by atoms with van der Waals surface area (Å²) in [5.41, 5.74) is 3.81. The van der Waals surface area contributed by atoms with Crippen molar-refractivity contribution in [2.75, 3.05) is 11.9 Å². The molecule has 0 bridgehead atoms. The molecule has 3 aromatic rings. The molecule has 0 fully saturated rings. The molecule has 0 unspecified atom stereocenters. The van der Waals surface area contributed by atoms with Crippen molar-refractivity contribution in [1.82, 2.24) is 10.3 Å². The zero-order chi connectivity index (χ0) is 19.9. The Labute approximate surface area is 168 Å². The van der Waals surface area contributed by atoms with E-state index >= 15 is 0 Å². The Bertz CT molecular complexity index is 993. The van der Waals surface area contributed by atoms with Crippen molar-refractivity contribution in [3.63, 3.8) is 0 Å². The number of amides is 2. The third-order valence-corrected chi connectivity index (χ3v) is 4.98. The van der Waals surface area contributed by atoms with E-state index in [2.05, 4.69) is 22.2 Å². The number of aromatic nitrogens is 1. The Morgan fingerprint density at radius 1 is 1.14 bits per heavy atom. The molecular formula is C22H21N3O2S. The molecular weight excluding hydrogens is 370 g/mol. The largest absolute Gasteiger partial charge is 0.349 e. The van der Waals surface area contributed by atoms with Gasteiger partial charge in [0.15, 0.2) is 0 Å². The molecule has 2 N–H and O–H groups in total. The summed E-state index contributed by atoms with van der Waals surface area (Å²) in [5.74, 6) is -0.476. The van der Waals surface area contributed by atoms with Gasteiger partial charge in [0.05, 0.1) is 23.4 Å². The molecule has 6 heteroatoms. The molecule has 1 aromatic heterocycles. The van der Waals surface area contributed by atoms with Crippen molar-refractivity contribution in [3.05, 3.63) is 83.4 Å². The van der Waals surface area contributed by atoms with Crippen LogP contribution in [0.2, 0.25) is 0 Å². The van der Waals surface area contributed by atoms with Gasteiger partial charge in [-0.25, -0.2) is 4.98 Å². The monoisotopic (exact) mass is 391 g/mol. The highest BCUT2D eigenvalue weighted by Gasteiger charge is 2.14. The van der Waals surface area contributed by atoms with E-state index < -0.39 is 0 Å². The van der Waals surface area contributed by atoms with Gasteiger partial charge in [-0.3, -0.25) is 9.59 Å². The van der Waals surface area contributed by atoms with Gasteiger partial charge in [-0.05, 0) is 19.1 Å². The van der Waals surface area contributed by atoms with Crippen molar-refractivity contribution in [2.45, 2.75) is 13.3 Å². The van der Waals surface area contributed by atoms with Gasteiger partial charge in [0.25, 0.3) is 5.91 Å². The van der Waals surface area contributed by atoms with Gasteiger partial charge in [0.1, 0.15) is 5.01 Å². The summed E-state index contributed by atoms with van der Waals surface area (Å²) in [4.78, 5) is 29.3. The first-order valence-electron chi connectivity index (χ1n) is 8.86. The Hall–Kier alpha value is -3.25. The Morgan fingerprint density at radius 3 is 2.64 bits per heavy atom. The highest BCUT2D eigenvalue weighted by Crippen LogP contribution is 2.24. The van der Waals surface area contributed by atoms with E-state index in [1.54, 1.807) is 30.3 Å². The highest BCUT2D eigenvalue weighted by atomic mass is 32.1. The molecule has 3 rings (SSSR count). The first-order chi connectivity index (χ1) is 13.6. The van der Waals surface area contributed by atoms with Gasteiger partial charge in [0, 0.05) is 17.5 Å². The van der Waals surface area contributed by atoms with Crippen LogP contribution in [0.1, 0.15) is 21.6 Å². The lowest BCUT2D eigenvalue weighted by molar-refractivity contribution is -0.115. The zero-order valence-corrected chi connectivity index (χ0v) is 16.4. The Morgan fingerprint density at radius 2 is 1.89 bits per heavy atom. The number of benzene rings is 2. The van der Waals surface area contributed by atoms with Crippen molar-refractivity contribution in [1.29, 1.82) is 0 Å². The highest BCUT2D eigenvalue weighted by molar-refractivity contribution is 7.13.